The number of nitrogens with one attached hydrogen (secondary N) is 1. The van der Waals surface area contributed by atoms with Gasteiger partial charge < -0.3 is 10.4 Å². The van der Waals surface area contributed by atoms with Crippen molar-refractivity contribution in [3.05, 3.63) is 76.3 Å². The van der Waals surface area contributed by atoms with Gasteiger partial charge in [0.1, 0.15) is 5.75 Å². The molecule has 0 fully saturated rings. The zero-order valence-electron chi connectivity index (χ0n) is 11.9. The van der Waals surface area contributed by atoms with Crippen LogP contribution in [0.5, 0.6) is 5.75 Å². The van der Waals surface area contributed by atoms with Crippen molar-refractivity contribution in [3.63, 3.8) is 0 Å². The second-order valence-electron chi connectivity index (χ2n) is 4.94. The Bertz CT molecular complexity index is 916. The summed E-state index contributed by atoms with van der Waals surface area (Å²) >= 11 is 0. The topological polar surface area (TPSA) is 92.5 Å². The molecule has 3 aromatic carbocycles. The van der Waals surface area contributed by atoms with Crippen LogP contribution in [0, 0.1) is 10.1 Å². The normalized spacial score (nSPS) is 10.4. The average molecular weight is 308 g/mol. The van der Waals surface area contributed by atoms with E-state index in [9.17, 15) is 20.0 Å². The molecule has 6 heteroatoms. The molecule has 2 N–H and O–H groups in total. The van der Waals surface area contributed by atoms with Crippen molar-refractivity contribution in [3.8, 4) is 5.75 Å². The lowest BCUT2D eigenvalue weighted by atomic mass is 10.1. The van der Waals surface area contributed by atoms with E-state index in [-0.39, 0.29) is 17.0 Å². The number of anilines is 1. The third-order valence-electron chi connectivity index (χ3n) is 3.45. The largest absolute Gasteiger partial charge is 0.507 e. The zero-order valence-corrected chi connectivity index (χ0v) is 11.9. The lowest BCUT2D eigenvalue weighted by molar-refractivity contribution is -0.384. The molecule has 0 aliphatic carbocycles. The van der Waals surface area contributed by atoms with E-state index < -0.39 is 10.8 Å². The Hall–Kier alpha value is -3.41. The predicted molar refractivity (Wildman–Crippen MR) is 86.7 cm³/mol. The molecule has 0 saturated heterocycles. The number of carbonyl (C=O) groups excluding carboxylic acids is 1. The number of non-ortho nitro benzene ring substituents is 1. The number of nitrogens with zero attached hydrogens (tertiary/aromatic N) is 1. The van der Waals surface area contributed by atoms with Crippen molar-refractivity contribution in [2.75, 3.05) is 5.32 Å². The van der Waals surface area contributed by atoms with Gasteiger partial charge in [-0.25, -0.2) is 0 Å². The zero-order chi connectivity index (χ0) is 16.4. The van der Waals surface area contributed by atoms with Gasteiger partial charge in [0.25, 0.3) is 11.6 Å². The van der Waals surface area contributed by atoms with Crippen LogP contribution in [0.3, 0.4) is 0 Å². The van der Waals surface area contributed by atoms with Gasteiger partial charge in [-0.15, -0.1) is 0 Å². The molecule has 0 spiro atoms. The highest BCUT2D eigenvalue weighted by Crippen LogP contribution is 2.31. The molecule has 0 aliphatic heterocycles. The molecule has 3 aromatic rings. The van der Waals surface area contributed by atoms with E-state index in [1.165, 1.54) is 30.3 Å². The standard InChI is InChI=1S/C17H12N2O4/c20-15-9-3-5-11-4-2-8-14(16(11)15)18-17(21)12-6-1-7-13(10-12)19(22)23/h1-10,20H,(H,18,21). The Labute approximate surface area is 131 Å². The fourth-order valence-corrected chi connectivity index (χ4v) is 2.38. The van der Waals surface area contributed by atoms with E-state index in [0.29, 0.717) is 11.1 Å². The summed E-state index contributed by atoms with van der Waals surface area (Å²) in [7, 11) is 0. The molecule has 0 aliphatic rings. The van der Waals surface area contributed by atoms with Crippen LogP contribution in [-0.2, 0) is 0 Å². The number of aromatic hydroxyl groups is 1. The molecule has 0 saturated carbocycles. The maximum atomic E-state index is 12.3. The van der Waals surface area contributed by atoms with Gasteiger partial charge in [0.15, 0.2) is 0 Å². The number of fused-ring (bicyclic) bond motifs is 1. The summed E-state index contributed by atoms with van der Waals surface area (Å²) in [6.45, 7) is 0. The summed E-state index contributed by atoms with van der Waals surface area (Å²) in [6.07, 6.45) is 0. The lowest BCUT2D eigenvalue weighted by Crippen LogP contribution is -2.12. The van der Waals surface area contributed by atoms with Crippen molar-refractivity contribution < 1.29 is 14.8 Å². The number of amides is 1. The van der Waals surface area contributed by atoms with Gasteiger partial charge >= 0.3 is 0 Å². The van der Waals surface area contributed by atoms with E-state index >= 15 is 0 Å². The van der Waals surface area contributed by atoms with Crippen molar-refractivity contribution in [1.29, 1.82) is 0 Å². The average Bonchev–Trinajstić information content (AvgIpc) is 2.55. The van der Waals surface area contributed by atoms with Crippen LogP contribution in [0.15, 0.2) is 60.7 Å². The highest BCUT2D eigenvalue weighted by molar-refractivity contribution is 6.10. The van der Waals surface area contributed by atoms with Crippen LogP contribution in [0.25, 0.3) is 10.8 Å². The van der Waals surface area contributed by atoms with Gasteiger partial charge in [-0.1, -0.05) is 30.3 Å². The Morgan fingerprint density at radius 1 is 1.04 bits per heavy atom. The summed E-state index contributed by atoms with van der Waals surface area (Å²) in [6, 6.07) is 15.8. The summed E-state index contributed by atoms with van der Waals surface area (Å²) in [4.78, 5) is 22.6. The molecular weight excluding hydrogens is 296 g/mol. The van der Waals surface area contributed by atoms with Gasteiger partial charge in [-0.05, 0) is 23.6 Å². The van der Waals surface area contributed by atoms with Crippen LogP contribution in [0.1, 0.15) is 10.4 Å². The van der Waals surface area contributed by atoms with Gasteiger partial charge in [-0.3, -0.25) is 14.9 Å². The molecule has 0 bridgehead atoms. The van der Waals surface area contributed by atoms with Gasteiger partial charge in [0.2, 0.25) is 0 Å². The first-order chi connectivity index (χ1) is 11.1. The maximum Gasteiger partial charge on any atom is 0.270 e. The van der Waals surface area contributed by atoms with Gasteiger partial charge in [0.05, 0.1) is 10.6 Å². The number of nitro benzene ring substituents is 1. The number of phenolic OH excluding ortho intramolecular Hbond substituents is 1. The Morgan fingerprint density at radius 3 is 2.48 bits per heavy atom. The number of benzene rings is 3. The fraction of sp³-hybridized carbons (Fsp3) is 0. The number of hydrogen-bond donors (Lipinski definition) is 2. The summed E-state index contributed by atoms with van der Waals surface area (Å²) in [5.74, 6) is -0.429. The molecule has 0 aromatic heterocycles. The minimum absolute atomic E-state index is 0.0532. The summed E-state index contributed by atoms with van der Waals surface area (Å²) < 4.78 is 0. The second-order valence-corrected chi connectivity index (χ2v) is 4.94. The van der Waals surface area contributed by atoms with E-state index in [1.807, 2.05) is 12.1 Å². The monoisotopic (exact) mass is 308 g/mol. The molecule has 23 heavy (non-hydrogen) atoms. The molecule has 0 heterocycles. The third-order valence-corrected chi connectivity index (χ3v) is 3.45. The van der Waals surface area contributed by atoms with E-state index in [0.717, 1.165) is 5.39 Å². The molecule has 6 nitrogen and oxygen atoms in total. The van der Waals surface area contributed by atoms with Gasteiger partial charge in [-0.2, -0.15) is 0 Å². The van der Waals surface area contributed by atoms with E-state index in [1.54, 1.807) is 18.2 Å². The quantitative estimate of drug-likeness (QED) is 0.570. The smallest absolute Gasteiger partial charge is 0.270 e. The molecule has 114 valence electrons. The lowest BCUT2D eigenvalue weighted by Gasteiger charge is -2.10. The van der Waals surface area contributed by atoms with E-state index in [2.05, 4.69) is 5.32 Å². The highest BCUT2D eigenvalue weighted by atomic mass is 16.6. The van der Waals surface area contributed by atoms with Crippen LogP contribution >= 0.6 is 0 Å². The molecular formula is C17H12N2O4. The minimum Gasteiger partial charge on any atom is -0.507 e. The predicted octanol–water partition coefficient (Wildman–Crippen LogP) is 3.71. The number of carbonyl (C=O) groups is 1. The minimum atomic E-state index is -0.555. The Kier molecular flexibility index (Phi) is 3.64. The fourth-order valence-electron chi connectivity index (χ4n) is 2.38. The molecule has 0 unspecified atom stereocenters. The first-order valence-electron chi connectivity index (χ1n) is 6.83. The van der Waals surface area contributed by atoms with Crippen LogP contribution in [0.2, 0.25) is 0 Å². The Morgan fingerprint density at radius 2 is 1.74 bits per heavy atom. The highest BCUT2D eigenvalue weighted by Gasteiger charge is 2.13. The van der Waals surface area contributed by atoms with Crippen LogP contribution in [0.4, 0.5) is 11.4 Å². The van der Waals surface area contributed by atoms with Crippen molar-refractivity contribution in [2.45, 2.75) is 0 Å². The Balaban J connectivity index is 1.98. The first kappa shape index (κ1) is 14.5. The van der Waals surface area contributed by atoms with Crippen molar-refractivity contribution >= 4 is 28.1 Å². The van der Waals surface area contributed by atoms with Gasteiger partial charge in [0, 0.05) is 23.1 Å². The number of phenols is 1. The van der Waals surface area contributed by atoms with Crippen LogP contribution < -0.4 is 5.32 Å². The second kappa shape index (κ2) is 5.76. The third kappa shape index (κ3) is 2.82. The first-order valence-corrected chi connectivity index (χ1v) is 6.83. The molecule has 3 rings (SSSR count). The molecule has 0 atom stereocenters. The number of nitro groups is 1. The van der Waals surface area contributed by atoms with Crippen LogP contribution in [-0.4, -0.2) is 15.9 Å². The molecule has 0 radical (unpaired) electrons. The SMILES string of the molecule is O=C(Nc1cccc2cccc(O)c12)c1cccc([N+](=O)[O-])c1. The maximum absolute atomic E-state index is 12.3. The van der Waals surface area contributed by atoms with Crippen molar-refractivity contribution in [1.82, 2.24) is 0 Å². The number of rotatable bonds is 3. The summed E-state index contributed by atoms with van der Waals surface area (Å²) in [5, 5.41) is 24.8. The van der Waals surface area contributed by atoms with Crippen molar-refractivity contribution in [2.24, 2.45) is 0 Å². The molecule has 1 amide bonds. The summed E-state index contributed by atoms with van der Waals surface area (Å²) in [5.41, 5.74) is 0.460. The van der Waals surface area contributed by atoms with E-state index in [4.69, 9.17) is 0 Å². The number of hydrogen-bond acceptors (Lipinski definition) is 4.